The molecule has 1 aromatic heterocycles. The second kappa shape index (κ2) is 12.2. The van der Waals surface area contributed by atoms with Crippen LogP contribution in [0.3, 0.4) is 0 Å². The van der Waals surface area contributed by atoms with Crippen molar-refractivity contribution >= 4 is 34.8 Å². The minimum absolute atomic E-state index is 0.0582. The Morgan fingerprint density at radius 1 is 1.14 bits per heavy atom. The van der Waals surface area contributed by atoms with Crippen molar-refractivity contribution in [2.45, 2.75) is 31.7 Å². The number of benzene rings is 2. The molecule has 4 rings (SSSR count). The number of tetrazole rings is 1. The van der Waals surface area contributed by atoms with Crippen LogP contribution >= 0.6 is 23.2 Å². The molecule has 2 N–H and O–H groups in total. The van der Waals surface area contributed by atoms with Gasteiger partial charge in [0.2, 0.25) is 5.91 Å². The lowest BCUT2D eigenvalue weighted by atomic mass is 10.1. The van der Waals surface area contributed by atoms with Gasteiger partial charge in [0.1, 0.15) is 24.1 Å². The van der Waals surface area contributed by atoms with E-state index in [1.807, 2.05) is 12.1 Å². The first-order valence-corrected chi connectivity index (χ1v) is 12.3. The van der Waals surface area contributed by atoms with E-state index in [0.717, 1.165) is 0 Å². The Morgan fingerprint density at radius 3 is 2.63 bits per heavy atom. The number of amides is 1. The van der Waals surface area contributed by atoms with Crippen LogP contribution in [0.5, 0.6) is 11.5 Å². The molecule has 0 aliphatic heterocycles. The summed E-state index contributed by atoms with van der Waals surface area (Å²) in [5.74, 6) is 1.93. The van der Waals surface area contributed by atoms with E-state index in [0.29, 0.717) is 45.6 Å². The highest BCUT2D eigenvalue weighted by atomic mass is 35.5. The van der Waals surface area contributed by atoms with E-state index in [4.69, 9.17) is 32.7 Å². The van der Waals surface area contributed by atoms with Gasteiger partial charge < -0.3 is 14.8 Å². The predicted molar refractivity (Wildman–Crippen MR) is 134 cm³/mol. The molecule has 0 radical (unpaired) electrons. The molecule has 1 aliphatic rings. The smallest absolute Gasteiger partial charge is 0.238 e. The van der Waals surface area contributed by atoms with E-state index in [9.17, 15) is 4.79 Å². The van der Waals surface area contributed by atoms with E-state index in [2.05, 4.69) is 25.9 Å². The Bertz CT molecular complexity index is 1110. The predicted octanol–water partition coefficient (Wildman–Crippen LogP) is 4.77. The third kappa shape index (κ3) is 7.06. The molecule has 1 saturated carbocycles. The standard InChI is InChI=1S/C24H28Cl2N6O3/c1-32(20(24-28-30-31-29-24)15-35-21-9-5-4-8-18(21)25)13-23(33)27-17-10-11-22(19(26)12-17)34-14-16-6-2-3-7-16/h4-5,8-12,16,20H,2-3,6-7,13-15H2,1H3,(H,27,33)(H,28,29,30,31). The van der Waals surface area contributed by atoms with Crippen LogP contribution in [0.2, 0.25) is 10.0 Å². The Morgan fingerprint density at radius 2 is 1.91 bits per heavy atom. The van der Waals surface area contributed by atoms with Crippen LogP contribution in [0.4, 0.5) is 5.69 Å². The lowest BCUT2D eigenvalue weighted by Crippen LogP contribution is -2.36. The maximum absolute atomic E-state index is 12.8. The summed E-state index contributed by atoms with van der Waals surface area (Å²) in [6.07, 6.45) is 4.93. The van der Waals surface area contributed by atoms with Gasteiger partial charge in [-0.05, 0) is 56.1 Å². The molecule has 1 fully saturated rings. The zero-order chi connectivity index (χ0) is 24.6. The molecule has 1 unspecified atom stereocenters. The van der Waals surface area contributed by atoms with Crippen LogP contribution in [0.15, 0.2) is 42.5 Å². The molecule has 1 aliphatic carbocycles. The van der Waals surface area contributed by atoms with E-state index < -0.39 is 6.04 Å². The number of H-pyrrole nitrogens is 1. The van der Waals surface area contributed by atoms with E-state index in [1.165, 1.54) is 25.7 Å². The molecule has 186 valence electrons. The SMILES string of the molecule is CN(CC(=O)Nc1ccc(OCC2CCCC2)c(Cl)c1)C(COc1ccccc1Cl)c1nn[nH]n1. The topological polar surface area (TPSA) is 105 Å². The fourth-order valence-corrected chi connectivity index (χ4v) is 4.48. The van der Waals surface area contributed by atoms with E-state index in [1.54, 1.807) is 42.3 Å². The Balaban J connectivity index is 1.33. The third-order valence-electron chi connectivity index (χ3n) is 5.98. The van der Waals surface area contributed by atoms with Crippen LogP contribution in [-0.2, 0) is 4.79 Å². The number of hydrogen-bond donors (Lipinski definition) is 2. The van der Waals surface area contributed by atoms with Crippen LogP contribution in [-0.4, -0.2) is 58.2 Å². The Kier molecular flexibility index (Phi) is 8.79. The van der Waals surface area contributed by atoms with Gasteiger partial charge in [0, 0.05) is 5.69 Å². The highest BCUT2D eigenvalue weighted by molar-refractivity contribution is 6.32. The molecule has 1 amide bonds. The second-order valence-corrected chi connectivity index (χ2v) is 9.41. The first-order chi connectivity index (χ1) is 17.0. The minimum atomic E-state index is -0.439. The van der Waals surface area contributed by atoms with Crippen LogP contribution in [0.1, 0.15) is 37.5 Å². The van der Waals surface area contributed by atoms with Gasteiger partial charge in [-0.15, -0.1) is 10.2 Å². The lowest BCUT2D eigenvalue weighted by Gasteiger charge is -2.25. The number of anilines is 1. The van der Waals surface area contributed by atoms with Gasteiger partial charge >= 0.3 is 0 Å². The monoisotopic (exact) mass is 518 g/mol. The summed E-state index contributed by atoms with van der Waals surface area (Å²) in [5, 5.41) is 18.0. The maximum Gasteiger partial charge on any atom is 0.238 e. The number of para-hydroxylation sites is 1. The molecule has 1 atom stereocenters. The van der Waals surface area contributed by atoms with Gasteiger partial charge in [-0.25, -0.2) is 0 Å². The van der Waals surface area contributed by atoms with Crippen molar-refractivity contribution in [2.24, 2.45) is 5.92 Å². The van der Waals surface area contributed by atoms with Crippen molar-refractivity contribution in [2.75, 3.05) is 32.1 Å². The summed E-state index contributed by atoms with van der Waals surface area (Å²) in [7, 11) is 1.78. The van der Waals surface area contributed by atoms with Crippen molar-refractivity contribution in [3.05, 3.63) is 58.3 Å². The van der Waals surface area contributed by atoms with Crippen molar-refractivity contribution in [1.29, 1.82) is 0 Å². The average Bonchev–Trinajstić information content (AvgIpc) is 3.54. The second-order valence-electron chi connectivity index (χ2n) is 8.60. The summed E-state index contributed by atoms with van der Waals surface area (Å²) in [6.45, 7) is 0.901. The maximum atomic E-state index is 12.8. The van der Waals surface area contributed by atoms with Gasteiger partial charge in [0.25, 0.3) is 0 Å². The molecule has 1 heterocycles. The van der Waals surface area contributed by atoms with Gasteiger partial charge in [0.05, 0.1) is 23.2 Å². The zero-order valence-corrected chi connectivity index (χ0v) is 20.9. The van der Waals surface area contributed by atoms with Crippen molar-refractivity contribution < 1.29 is 14.3 Å². The minimum Gasteiger partial charge on any atom is -0.492 e. The van der Waals surface area contributed by atoms with E-state index >= 15 is 0 Å². The number of nitrogens with one attached hydrogen (secondary N) is 2. The summed E-state index contributed by atoms with van der Waals surface area (Å²) >= 11 is 12.6. The largest absolute Gasteiger partial charge is 0.492 e. The highest BCUT2D eigenvalue weighted by Crippen LogP contribution is 2.31. The number of hydrogen-bond acceptors (Lipinski definition) is 7. The summed E-state index contributed by atoms with van der Waals surface area (Å²) in [6, 6.07) is 12.0. The number of aromatic nitrogens is 4. The number of carbonyl (C=O) groups excluding carboxylic acids is 1. The van der Waals surface area contributed by atoms with Crippen LogP contribution < -0.4 is 14.8 Å². The lowest BCUT2D eigenvalue weighted by molar-refractivity contribution is -0.117. The number of ether oxygens (including phenoxy) is 2. The van der Waals surface area contributed by atoms with Gasteiger partial charge in [-0.1, -0.05) is 53.4 Å². The number of carbonyl (C=O) groups is 1. The average molecular weight is 519 g/mol. The fourth-order valence-electron chi connectivity index (χ4n) is 4.06. The molecule has 35 heavy (non-hydrogen) atoms. The normalized spacial score (nSPS) is 14.7. The number of nitrogens with zero attached hydrogens (tertiary/aromatic N) is 4. The molecular formula is C24H28Cl2N6O3. The van der Waals surface area contributed by atoms with Crippen molar-refractivity contribution in [3.63, 3.8) is 0 Å². The van der Waals surface area contributed by atoms with Gasteiger partial charge in [-0.3, -0.25) is 9.69 Å². The zero-order valence-electron chi connectivity index (χ0n) is 19.4. The first kappa shape index (κ1) is 25.2. The molecule has 0 spiro atoms. The fraction of sp³-hybridized carbons (Fsp3) is 0.417. The van der Waals surface area contributed by atoms with Gasteiger partial charge in [0.15, 0.2) is 5.82 Å². The number of rotatable bonds is 11. The Labute approximate surface area is 214 Å². The van der Waals surface area contributed by atoms with Crippen LogP contribution in [0, 0.1) is 5.92 Å². The molecule has 9 nitrogen and oxygen atoms in total. The summed E-state index contributed by atoms with van der Waals surface area (Å²) in [4.78, 5) is 14.5. The summed E-state index contributed by atoms with van der Waals surface area (Å²) in [5.41, 5.74) is 0.588. The van der Waals surface area contributed by atoms with E-state index in [-0.39, 0.29) is 19.1 Å². The molecular weight excluding hydrogens is 491 g/mol. The molecule has 2 aromatic carbocycles. The molecule has 3 aromatic rings. The van der Waals surface area contributed by atoms with Crippen molar-refractivity contribution in [3.8, 4) is 11.5 Å². The third-order valence-corrected chi connectivity index (χ3v) is 6.59. The number of aromatic amines is 1. The van der Waals surface area contributed by atoms with Crippen LogP contribution in [0.25, 0.3) is 0 Å². The molecule has 0 bridgehead atoms. The van der Waals surface area contributed by atoms with Gasteiger partial charge in [-0.2, -0.15) is 5.21 Å². The number of halogens is 2. The molecule has 11 heteroatoms. The quantitative estimate of drug-likeness (QED) is 0.376. The van der Waals surface area contributed by atoms with Crippen molar-refractivity contribution in [1.82, 2.24) is 25.5 Å². The highest BCUT2D eigenvalue weighted by Gasteiger charge is 2.25. The summed E-state index contributed by atoms with van der Waals surface area (Å²) < 4.78 is 11.8. The number of likely N-dealkylation sites (N-methyl/N-ethyl adjacent to an activating group) is 1. The first-order valence-electron chi connectivity index (χ1n) is 11.5. The Hall–Kier alpha value is -2.88. The molecule has 0 saturated heterocycles.